The molecule has 3 amide bonds. The minimum Gasteiger partial charge on any atom is -0.466 e. The molecule has 0 saturated heterocycles. The summed E-state index contributed by atoms with van der Waals surface area (Å²) >= 11 is 0. The number of hydrazine groups is 1. The van der Waals surface area contributed by atoms with Gasteiger partial charge in [0, 0.05) is 24.9 Å². The smallest absolute Gasteiger partial charge is 0.306 e. The van der Waals surface area contributed by atoms with Crippen LogP contribution in [0.5, 0.6) is 0 Å². The summed E-state index contributed by atoms with van der Waals surface area (Å²) in [6, 6.07) is 18.8. The molecule has 0 atom stereocenters. The van der Waals surface area contributed by atoms with Gasteiger partial charge in [-0.3, -0.25) is 30.0 Å². The SMILES string of the molecule is O=C(CCC(=O)Nc1ccccc1)NNC(=O)CCC(=O)OCCCc1ccccc1. The summed E-state index contributed by atoms with van der Waals surface area (Å²) < 4.78 is 5.10. The van der Waals surface area contributed by atoms with E-state index in [1.165, 1.54) is 5.56 Å². The molecule has 3 N–H and O–H groups in total. The van der Waals surface area contributed by atoms with Gasteiger partial charge in [-0.1, -0.05) is 48.5 Å². The summed E-state index contributed by atoms with van der Waals surface area (Å²) in [5.41, 5.74) is 6.27. The van der Waals surface area contributed by atoms with Crippen molar-refractivity contribution in [3.63, 3.8) is 0 Å². The fourth-order valence-corrected chi connectivity index (χ4v) is 2.63. The van der Waals surface area contributed by atoms with Gasteiger partial charge in [0.05, 0.1) is 13.0 Å². The van der Waals surface area contributed by atoms with Crippen molar-refractivity contribution in [2.45, 2.75) is 38.5 Å². The van der Waals surface area contributed by atoms with Crippen LogP contribution in [0.4, 0.5) is 5.69 Å². The fraction of sp³-hybridized carbons (Fsp3) is 0.304. The van der Waals surface area contributed by atoms with Gasteiger partial charge < -0.3 is 10.1 Å². The zero-order chi connectivity index (χ0) is 22.3. The van der Waals surface area contributed by atoms with Crippen molar-refractivity contribution in [2.24, 2.45) is 0 Å². The van der Waals surface area contributed by atoms with Gasteiger partial charge >= 0.3 is 5.97 Å². The first-order valence-electron chi connectivity index (χ1n) is 10.1. The fourth-order valence-electron chi connectivity index (χ4n) is 2.63. The molecule has 0 radical (unpaired) electrons. The molecule has 0 aliphatic heterocycles. The maximum absolute atomic E-state index is 11.8. The average molecular weight is 425 g/mol. The maximum atomic E-state index is 11.8. The zero-order valence-electron chi connectivity index (χ0n) is 17.3. The molecule has 0 aliphatic rings. The molecular formula is C23H27N3O5. The molecule has 0 saturated carbocycles. The molecule has 2 rings (SSSR count). The van der Waals surface area contributed by atoms with Crippen LogP contribution in [0.3, 0.4) is 0 Å². The quantitative estimate of drug-likeness (QED) is 0.291. The van der Waals surface area contributed by atoms with Gasteiger partial charge in [0.2, 0.25) is 17.7 Å². The highest BCUT2D eigenvalue weighted by atomic mass is 16.5. The molecule has 0 bridgehead atoms. The van der Waals surface area contributed by atoms with Crippen LogP contribution in [0.15, 0.2) is 60.7 Å². The lowest BCUT2D eigenvalue weighted by Gasteiger charge is -2.08. The summed E-state index contributed by atoms with van der Waals surface area (Å²) in [7, 11) is 0. The zero-order valence-corrected chi connectivity index (χ0v) is 17.3. The monoisotopic (exact) mass is 425 g/mol. The third-order valence-electron chi connectivity index (χ3n) is 4.25. The molecule has 0 aromatic heterocycles. The van der Waals surface area contributed by atoms with Gasteiger partial charge in [-0.25, -0.2) is 0 Å². The highest BCUT2D eigenvalue weighted by molar-refractivity contribution is 5.93. The number of benzene rings is 2. The maximum Gasteiger partial charge on any atom is 0.306 e. The van der Waals surface area contributed by atoms with Gasteiger partial charge in [-0.15, -0.1) is 0 Å². The standard InChI is InChI=1S/C23H27N3O5/c27-20(24-19-11-5-2-6-12-19)13-14-21(28)25-26-22(29)15-16-23(30)31-17-7-10-18-8-3-1-4-9-18/h1-6,8-9,11-12H,7,10,13-17H2,(H,24,27)(H,25,28)(H,26,29). The van der Waals surface area contributed by atoms with Crippen molar-refractivity contribution in [1.29, 1.82) is 0 Å². The van der Waals surface area contributed by atoms with Crippen molar-refractivity contribution in [1.82, 2.24) is 10.9 Å². The number of para-hydroxylation sites is 1. The number of amides is 3. The number of carbonyl (C=O) groups is 4. The molecule has 0 unspecified atom stereocenters. The van der Waals surface area contributed by atoms with Gasteiger partial charge in [-0.05, 0) is 30.5 Å². The second kappa shape index (κ2) is 13.5. The second-order valence-electron chi connectivity index (χ2n) is 6.82. The van der Waals surface area contributed by atoms with E-state index in [-0.39, 0.29) is 38.2 Å². The molecule has 31 heavy (non-hydrogen) atoms. The Morgan fingerprint density at radius 3 is 1.87 bits per heavy atom. The van der Waals surface area contributed by atoms with E-state index in [0.717, 1.165) is 6.42 Å². The van der Waals surface area contributed by atoms with Gasteiger partial charge in [-0.2, -0.15) is 0 Å². The Hall–Kier alpha value is -3.68. The first kappa shape index (κ1) is 23.6. The predicted octanol–water partition coefficient (Wildman–Crippen LogP) is 2.51. The summed E-state index contributed by atoms with van der Waals surface area (Å²) in [6.45, 7) is 0.289. The van der Waals surface area contributed by atoms with E-state index in [9.17, 15) is 19.2 Å². The van der Waals surface area contributed by atoms with Crippen molar-refractivity contribution in [2.75, 3.05) is 11.9 Å². The van der Waals surface area contributed by atoms with Gasteiger partial charge in [0.1, 0.15) is 0 Å². The number of hydrogen-bond donors (Lipinski definition) is 3. The molecule has 164 valence electrons. The first-order valence-corrected chi connectivity index (χ1v) is 10.1. The third-order valence-corrected chi connectivity index (χ3v) is 4.25. The number of esters is 1. The minimum atomic E-state index is -0.511. The van der Waals surface area contributed by atoms with Crippen LogP contribution in [0.2, 0.25) is 0 Å². The van der Waals surface area contributed by atoms with Gasteiger partial charge in [0.15, 0.2) is 0 Å². The Morgan fingerprint density at radius 1 is 0.677 bits per heavy atom. The van der Waals surface area contributed by atoms with E-state index >= 15 is 0 Å². The Bertz CT molecular complexity index is 856. The van der Waals surface area contributed by atoms with Crippen LogP contribution < -0.4 is 16.2 Å². The number of ether oxygens (including phenoxy) is 1. The number of anilines is 1. The van der Waals surface area contributed by atoms with E-state index in [1.54, 1.807) is 24.3 Å². The number of carbonyl (C=O) groups excluding carboxylic acids is 4. The molecule has 8 nitrogen and oxygen atoms in total. The second-order valence-corrected chi connectivity index (χ2v) is 6.82. The van der Waals surface area contributed by atoms with Gasteiger partial charge in [0.25, 0.3) is 0 Å². The summed E-state index contributed by atoms with van der Waals surface area (Å²) in [5, 5.41) is 2.67. The number of hydrogen-bond acceptors (Lipinski definition) is 5. The molecular weight excluding hydrogens is 398 g/mol. The van der Waals surface area contributed by atoms with Crippen LogP contribution >= 0.6 is 0 Å². The van der Waals surface area contributed by atoms with E-state index in [4.69, 9.17) is 4.74 Å². The molecule has 0 fully saturated rings. The van der Waals surface area contributed by atoms with Crippen molar-refractivity contribution in [3.05, 3.63) is 66.2 Å². The molecule has 0 spiro atoms. The minimum absolute atomic E-state index is 0.0219. The third kappa shape index (κ3) is 10.6. The highest BCUT2D eigenvalue weighted by Gasteiger charge is 2.11. The van der Waals surface area contributed by atoms with Crippen molar-refractivity contribution in [3.8, 4) is 0 Å². The predicted molar refractivity (Wildman–Crippen MR) is 116 cm³/mol. The van der Waals surface area contributed by atoms with E-state index in [2.05, 4.69) is 16.2 Å². The Labute approximate surface area is 181 Å². The normalized spacial score (nSPS) is 10.1. The molecule has 0 heterocycles. The van der Waals surface area contributed by atoms with E-state index in [0.29, 0.717) is 12.1 Å². The summed E-state index contributed by atoms with van der Waals surface area (Å²) in [6.07, 6.45) is 1.23. The Balaban J connectivity index is 1.50. The average Bonchev–Trinajstić information content (AvgIpc) is 2.79. The lowest BCUT2D eigenvalue weighted by Crippen LogP contribution is -2.41. The van der Waals surface area contributed by atoms with Crippen molar-refractivity contribution < 1.29 is 23.9 Å². The Morgan fingerprint density at radius 2 is 1.23 bits per heavy atom. The molecule has 2 aromatic carbocycles. The lowest BCUT2D eigenvalue weighted by atomic mass is 10.1. The highest BCUT2D eigenvalue weighted by Crippen LogP contribution is 2.06. The van der Waals surface area contributed by atoms with Crippen molar-refractivity contribution >= 4 is 29.4 Å². The summed E-state index contributed by atoms with van der Waals surface area (Å²) in [4.78, 5) is 47.0. The summed E-state index contributed by atoms with van der Waals surface area (Å²) in [5.74, 6) is -1.78. The number of nitrogens with one attached hydrogen (secondary N) is 3. The van der Waals surface area contributed by atoms with Crippen LogP contribution in [0.1, 0.15) is 37.7 Å². The van der Waals surface area contributed by atoms with E-state index in [1.807, 2.05) is 36.4 Å². The van der Waals surface area contributed by atoms with Crippen LogP contribution in [-0.4, -0.2) is 30.3 Å². The first-order chi connectivity index (χ1) is 15.0. The van der Waals surface area contributed by atoms with Crippen LogP contribution in [-0.2, 0) is 30.3 Å². The number of aryl methyl sites for hydroxylation is 1. The molecule has 2 aromatic rings. The van der Waals surface area contributed by atoms with Crippen LogP contribution in [0, 0.1) is 0 Å². The lowest BCUT2D eigenvalue weighted by molar-refractivity contribution is -0.145. The topological polar surface area (TPSA) is 114 Å². The molecule has 0 aliphatic carbocycles. The molecule has 8 heteroatoms. The largest absolute Gasteiger partial charge is 0.466 e. The Kier molecular flexibility index (Phi) is 10.3. The van der Waals surface area contributed by atoms with E-state index < -0.39 is 17.8 Å². The number of rotatable bonds is 11. The van der Waals surface area contributed by atoms with Crippen LogP contribution in [0.25, 0.3) is 0 Å².